The Bertz CT molecular complexity index is 297. The lowest BCUT2D eigenvalue weighted by Crippen LogP contribution is -2.19. The summed E-state index contributed by atoms with van der Waals surface area (Å²) in [6.07, 6.45) is 6.11. The molecule has 0 radical (unpaired) electrons. The van der Waals surface area contributed by atoms with Crippen LogP contribution in [0.2, 0.25) is 0 Å². The molecule has 18 heavy (non-hydrogen) atoms. The first-order chi connectivity index (χ1) is 8.80. The molecule has 2 heteroatoms. The van der Waals surface area contributed by atoms with Gasteiger partial charge >= 0.3 is 0 Å². The van der Waals surface area contributed by atoms with Crippen LogP contribution in [0.1, 0.15) is 38.2 Å². The zero-order chi connectivity index (χ0) is 13.2. The Balaban J connectivity index is 2.37. The van der Waals surface area contributed by atoms with Crippen LogP contribution in [0.3, 0.4) is 0 Å². The molecular formula is C16H26O2. The Hall–Kier alpha value is -0.860. The number of benzene rings is 1. The van der Waals surface area contributed by atoms with Crippen LogP contribution in [0.25, 0.3) is 0 Å². The highest BCUT2D eigenvalue weighted by Crippen LogP contribution is 2.15. The first-order valence-electron chi connectivity index (χ1n) is 6.89. The van der Waals surface area contributed by atoms with Crippen molar-refractivity contribution in [3.05, 3.63) is 35.9 Å². The Labute approximate surface area is 111 Å². The van der Waals surface area contributed by atoms with Crippen LogP contribution in [0.4, 0.5) is 0 Å². The van der Waals surface area contributed by atoms with Crippen molar-refractivity contribution >= 4 is 0 Å². The molecule has 1 aromatic rings. The van der Waals surface area contributed by atoms with Crippen LogP contribution in [0, 0.1) is 0 Å². The SMILES string of the molecule is CCCC(CCC(Cc1ccccc1)OC)OC. The van der Waals surface area contributed by atoms with E-state index in [9.17, 15) is 0 Å². The third-order valence-corrected chi connectivity index (χ3v) is 3.39. The molecule has 0 aliphatic rings. The number of hydrogen-bond acceptors (Lipinski definition) is 2. The highest BCUT2D eigenvalue weighted by molar-refractivity contribution is 5.15. The van der Waals surface area contributed by atoms with E-state index >= 15 is 0 Å². The lowest BCUT2D eigenvalue weighted by molar-refractivity contribution is 0.0500. The number of rotatable bonds is 9. The van der Waals surface area contributed by atoms with E-state index in [4.69, 9.17) is 9.47 Å². The normalized spacial score (nSPS) is 14.4. The fraction of sp³-hybridized carbons (Fsp3) is 0.625. The molecule has 0 saturated heterocycles. The first-order valence-corrected chi connectivity index (χ1v) is 6.89. The molecule has 0 spiro atoms. The van der Waals surface area contributed by atoms with Crippen LogP contribution < -0.4 is 0 Å². The molecule has 2 unspecified atom stereocenters. The van der Waals surface area contributed by atoms with Gasteiger partial charge in [0.05, 0.1) is 12.2 Å². The monoisotopic (exact) mass is 250 g/mol. The Morgan fingerprint density at radius 2 is 1.50 bits per heavy atom. The van der Waals surface area contributed by atoms with Gasteiger partial charge in [-0.3, -0.25) is 0 Å². The summed E-state index contributed by atoms with van der Waals surface area (Å²) >= 11 is 0. The molecular weight excluding hydrogens is 224 g/mol. The molecule has 0 saturated carbocycles. The third-order valence-electron chi connectivity index (χ3n) is 3.39. The molecule has 0 aromatic heterocycles. The highest BCUT2D eigenvalue weighted by Gasteiger charge is 2.12. The largest absolute Gasteiger partial charge is 0.381 e. The highest BCUT2D eigenvalue weighted by atomic mass is 16.5. The second-order valence-electron chi connectivity index (χ2n) is 4.77. The quantitative estimate of drug-likeness (QED) is 0.663. The lowest BCUT2D eigenvalue weighted by atomic mass is 10.0. The van der Waals surface area contributed by atoms with Crippen molar-refractivity contribution in [2.75, 3.05) is 14.2 Å². The Morgan fingerprint density at radius 3 is 2.06 bits per heavy atom. The van der Waals surface area contributed by atoms with Gasteiger partial charge in [-0.05, 0) is 31.2 Å². The van der Waals surface area contributed by atoms with Crippen LogP contribution in [0.15, 0.2) is 30.3 Å². The van der Waals surface area contributed by atoms with Crippen LogP contribution >= 0.6 is 0 Å². The van der Waals surface area contributed by atoms with Crippen molar-refractivity contribution < 1.29 is 9.47 Å². The maximum Gasteiger partial charge on any atom is 0.0612 e. The van der Waals surface area contributed by atoms with E-state index in [2.05, 4.69) is 31.2 Å². The van der Waals surface area contributed by atoms with Gasteiger partial charge in [0.25, 0.3) is 0 Å². The predicted molar refractivity (Wildman–Crippen MR) is 75.9 cm³/mol. The maximum atomic E-state index is 5.57. The zero-order valence-corrected chi connectivity index (χ0v) is 11.9. The summed E-state index contributed by atoms with van der Waals surface area (Å²) in [4.78, 5) is 0. The number of methoxy groups -OCH3 is 2. The predicted octanol–water partition coefficient (Wildman–Crippen LogP) is 3.84. The summed E-state index contributed by atoms with van der Waals surface area (Å²) in [6.45, 7) is 2.20. The molecule has 2 nitrogen and oxygen atoms in total. The van der Waals surface area contributed by atoms with Gasteiger partial charge in [-0.1, -0.05) is 43.7 Å². The van der Waals surface area contributed by atoms with Crippen LogP contribution in [0.5, 0.6) is 0 Å². The van der Waals surface area contributed by atoms with E-state index in [1.165, 1.54) is 12.0 Å². The Kier molecular flexibility index (Phi) is 7.70. The fourth-order valence-electron chi connectivity index (χ4n) is 2.25. The van der Waals surface area contributed by atoms with Gasteiger partial charge in [-0.15, -0.1) is 0 Å². The topological polar surface area (TPSA) is 18.5 Å². The summed E-state index contributed by atoms with van der Waals surface area (Å²) in [5.74, 6) is 0. The van der Waals surface area contributed by atoms with Gasteiger partial charge in [0, 0.05) is 14.2 Å². The molecule has 0 aliphatic carbocycles. The molecule has 102 valence electrons. The molecule has 1 rings (SSSR count). The van der Waals surface area contributed by atoms with Gasteiger partial charge < -0.3 is 9.47 Å². The molecule has 2 atom stereocenters. The summed E-state index contributed by atoms with van der Waals surface area (Å²) in [7, 11) is 3.61. The third kappa shape index (κ3) is 5.65. The summed E-state index contributed by atoms with van der Waals surface area (Å²) < 4.78 is 11.1. The second-order valence-corrected chi connectivity index (χ2v) is 4.77. The van der Waals surface area contributed by atoms with E-state index in [0.717, 1.165) is 25.7 Å². The first kappa shape index (κ1) is 15.2. The lowest BCUT2D eigenvalue weighted by Gasteiger charge is -2.19. The van der Waals surface area contributed by atoms with Crippen molar-refractivity contribution in [1.29, 1.82) is 0 Å². The summed E-state index contributed by atoms with van der Waals surface area (Å²) in [5, 5.41) is 0. The van der Waals surface area contributed by atoms with Crippen molar-refractivity contribution in [1.82, 2.24) is 0 Å². The second kappa shape index (κ2) is 9.12. The minimum atomic E-state index is 0.293. The van der Waals surface area contributed by atoms with Crippen molar-refractivity contribution in [2.24, 2.45) is 0 Å². The standard InChI is InChI=1S/C16H26O2/c1-4-8-15(17-2)11-12-16(18-3)13-14-9-6-5-7-10-14/h5-7,9-10,15-16H,4,8,11-13H2,1-3H3. The van der Waals surface area contributed by atoms with E-state index in [-0.39, 0.29) is 0 Å². The zero-order valence-electron chi connectivity index (χ0n) is 11.9. The van der Waals surface area contributed by atoms with E-state index in [1.54, 1.807) is 14.2 Å². The van der Waals surface area contributed by atoms with Crippen molar-refractivity contribution in [3.8, 4) is 0 Å². The molecule has 0 heterocycles. The molecule has 0 fully saturated rings. The minimum Gasteiger partial charge on any atom is -0.381 e. The minimum absolute atomic E-state index is 0.293. The van der Waals surface area contributed by atoms with E-state index in [1.807, 2.05) is 6.07 Å². The van der Waals surface area contributed by atoms with Crippen LogP contribution in [-0.2, 0) is 15.9 Å². The summed E-state index contributed by atoms with van der Waals surface area (Å²) in [5.41, 5.74) is 1.34. The van der Waals surface area contributed by atoms with Crippen molar-refractivity contribution in [2.45, 2.75) is 51.2 Å². The fourth-order valence-corrected chi connectivity index (χ4v) is 2.25. The smallest absolute Gasteiger partial charge is 0.0612 e. The molecule has 0 aliphatic heterocycles. The van der Waals surface area contributed by atoms with Gasteiger partial charge in [0.15, 0.2) is 0 Å². The maximum absolute atomic E-state index is 5.57. The van der Waals surface area contributed by atoms with Gasteiger partial charge in [-0.25, -0.2) is 0 Å². The molecule has 0 amide bonds. The molecule has 0 bridgehead atoms. The van der Waals surface area contributed by atoms with Crippen LogP contribution in [-0.4, -0.2) is 26.4 Å². The average molecular weight is 250 g/mol. The molecule has 0 N–H and O–H groups in total. The summed E-state index contributed by atoms with van der Waals surface area (Å²) in [6, 6.07) is 10.5. The average Bonchev–Trinajstić information content (AvgIpc) is 2.43. The van der Waals surface area contributed by atoms with Crippen molar-refractivity contribution in [3.63, 3.8) is 0 Å². The van der Waals surface area contributed by atoms with E-state index in [0.29, 0.717) is 12.2 Å². The number of hydrogen-bond donors (Lipinski definition) is 0. The van der Waals surface area contributed by atoms with Gasteiger partial charge in [-0.2, -0.15) is 0 Å². The molecule has 1 aromatic carbocycles. The Morgan fingerprint density at radius 1 is 0.889 bits per heavy atom. The van der Waals surface area contributed by atoms with E-state index < -0.39 is 0 Å². The van der Waals surface area contributed by atoms with Gasteiger partial charge in [0.2, 0.25) is 0 Å². The number of ether oxygens (including phenoxy) is 2. The van der Waals surface area contributed by atoms with Gasteiger partial charge in [0.1, 0.15) is 0 Å².